The molecule has 0 heterocycles. The number of carboxylic acid groups (broad SMARTS) is 3. The fourth-order valence-corrected chi connectivity index (χ4v) is 2.30. The van der Waals surface area contributed by atoms with Gasteiger partial charge in [-0.3, -0.25) is 14.4 Å². The van der Waals surface area contributed by atoms with E-state index in [0.717, 1.165) is 39.0 Å². The molecule has 0 rings (SSSR count). The Labute approximate surface area is 183 Å². The Morgan fingerprint density at radius 3 is 1.43 bits per heavy atom. The minimum atomic E-state index is -0.833. The molecule has 0 radical (unpaired) electrons. The highest BCUT2D eigenvalue weighted by molar-refractivity contribution is 5.66. The van der Waals surface area contributed by atoms with Gasteiger partial charge in [0.15, 0.2) is 0 Å². The standard InChI is InChI=1S/C18H32O2.C4H8O2.C2H4O2/c1-2-3-4-5-6-7-8-9-10-11-12-13-14-15-16-17-18(19)20;1-2-3-4(5)6;1-2(3)4/h6-7,9-10H,2-5,8,11-17H2,1H3,(H,19,20);2-3H2,1H3,(H,5,6);1H3,(H,3,4)/b7-6-,10-9-;;. The number of unbranched alkanes of at least 4 members (excludes halogenated alkanes) is 8. The van der Waals surface area contributed by atoms with Crippen LogP contribution in [0.2, 0.25) is 0 Å². The molecule has 0 aliphatic rings. The van der Waals surface area contributed by atoms with Crippen LogP contribution in [0.15, 0.2) is 24.3 Å². The van der Waals surface area contributed by atoms with Crippen molar-refractivity contribution >= 4 is 17.9 Å². The van der Waals surface area contributed by atoms with Crippen LogP contribution in [-0.2, 0) is 14.4 Å². The molecule has 176 valence electrons. The van der Waals surface area contributed by atoms with E-state index in [4.69, 9.17) is 20.1 Å². The third kappa shape index (κ3) is 50.1. The van der Waals surface area contributed by atoms with Crippen LogP contribution in [0.25, 0.3) is 0 Å². The Kier molecular flexibility index (Phi) is 31.6. The fourth-order valence-electron chi connectivity index (χ4n) is 2.30. The van der Waals surface area contributed by atoms with Gasteiger partial charge in [-0.15, -0.1) is 0 Å². The van der Waals surface area contributed by atoms with Crippen molar-refractivity contribution in [2.24, 2.45) is 0 Å². The van der Waals surface area contributed by atoms with Crippen LogP contribution >= 0.6 is 0 Å². The summed E-state index contributed by atoms with van der Waals surface area (Å²) in [5.41, 5.74) is 0. The molecule has 0 saturated carbocycles. The number of allylic oxidation sites excluding steroid dienone is 4. The van der Waals surface area contributed by atoms with E-state index in [-0.39, 0.29) is 0 Å². The first-order chi connectivity index (χ1) is 14.3. The number of aliphatic carboxylic acids is 3. The van der Waals surface area contributed by atoms with E-state index in [1.165, 1.54) is 44.9 Å². The summed E-state index contributed by atoms with van der Waals surface area (Å²) in [4.78, 5) is 28.9. The van der Waals surface area contributed by atoms with Crippen LogP contribution in [0.5, 0.6) is 0 Å². The molecule has 6 heteroatoms. The Morgan fingerprint density at radius 1 is 0.600 bits per heavy atom. The normalized spacial score (nSPS) is 10.2. The molecule has 3 N–H and O–H groups in total. The van der Waals surface area contributed by atoms with Gasteiger partial charge in [0.2, 0.25) is 0 Å². The minimum absolute atomic E-state index is 0.292. The van der Waals surface area contributed by atoms with Gasteiger partial charge < -0.3 is 15.3 Å². The molecule has 0 atom stereocenters. The van der Waals surface area contributed by atoms with Gasteiger partial charge in [0.25, 0.3) is 5.97 Å². The fraction of sp³-hybridized carbons (Fsp3) is 0.708. The van der Waals surface area contributed by atoms with Crippen LogP contribution in [0.4, 0.5) is 0 Å². The zero-order chi connectivity index (χ0) is 23.5. The van der Waals surface area contributed by atoms with Gasteiger partial charge in [0, 0.05) is 19.8 Å². The van der Waals surface area contributed by atoms with E-state index in [0.29, 0.717) is 12.8 Å². The molecule has 0 aromatic heterocycles. The van der Waals surface area contributed by atoms with E-state index in [1.807, 2.05) is 6.92 Å². The van der Waals surface area contributed by atoms with E-state index >= 15 is 0 Å². The van der Waals surface area contributed by atoms with Crippen molar-refractivity contribution in [3.05, 3.63) is 24.3 Å². The molecule has 0 aromatic carbocycles. The number of carbonyl (C=O) groups is 3. The van der Waals surface area contributed by atoms with Crippen molar-refractivity contribution < 1.29 is 29.7 Å². The largest absolute Gasteiger partial charge is 0.481 e. The lowest BCUT2D eigenvalue weighted by molar-refractivity contribution is -0.138. The van der Waals surface area contributed by atoms with Gasteiger partial charge in [0.05, 0.1) is 0 Å². The molecule has 0 aromatic rings. The van der Waals surface area contributed by atoms with E-state index < -0.39 is 17.9 Å². The molecule has 30 heavy (non-hydrogen) atoms. The van der Waals surface area contributed by atoms with Crippen LogP contribution < -0.4 is 0 Å². The second kappa shape index (κ2) is 29.1. The third-order valence-electron chi connectivity index (χ3n) is 3.81. The number of carboxylic acids is 3. The molecule has 0 fully saturated rings. The molecule has 0 aliphatic carbocycles. The maximum Gasteiger partial charge on any atom is 0.303 e. The zero-order valence-electron chi connectivity index (χ0n) is 19.3. The predicted octanol–water partition coefficient (Wildman–Crippen LogP) is 6.85. The van der Waals surface area contributed by atoms with Gasteiger partial charge in [0.1, 0.15) is 0 Å². The molecule has 0 unspecified atom stereocenters. The third-order valence-corrected chi connectivity index (χ3v) is 3.81. The van der Waals surface area contributed by atoms with Crippen molar-refractivity contribution in [2.75, 3.05) is 0 Å². The highest BCUT2D eigenvalue weighted by Crippen LogP contribution is 2.08. The van der Waals surface area contributed by atoms with Gasteiger partial charge in [-0.1, -0.05) is 70.3 Å². The summed E-state index contributed by atoms with van der Waals surface area (Å²) in [6.07, 6.45) is 23.3. The van der Waals surface area contributed by atoms with Crippen molar-refractivity contribution in [1.29, 1.82) is 0 Å². The van der Waals surface area contributed by atoms with Crippen molar-refractivity contribution in [3.63, 3.8) is 0 Å². The van der Waals surface area contributed by atoms with Gasteiger partial charge in [-0.25, -0.2) is 0 Å². The highest BCUT2D eigenvalue weighted by atomic mass is 16.4. The number of rotatable bonds is 16. The first-order valence-electron chi connectivity index (χ1n) is 11.2. The lowest BCUT2D eigenvalue weighted by Gasteiger charge is -1.98. The lowest BCUT2D eigenvalue weighted by Crippen LogP contribution is -1.93. The van der Waals surface area contributed by atoms with Crippen LogP contribution in [-0.4, -0.2) is 33.2 Å². The molecule has 0 saturated heterocycles. The summed E-state index contributed by atoms with van der Waals surface area (Å²) < 4.78 is 0. The van der Waals surface area contributed by atoms with E-state index in [9.17, 15) is 9.59 Å². The average molecular weight is 429 g/mol. The summed E-state index contributed by atoms with van der Waals surface area (Å²) >= 11 is 0. The number of hydrogen-bond acceptors (Lipinski definition) is 3. The van der Waals surface area contributed by atoms with Gasteiger partial charge in [-0.2, -0.15) is 0 Å². The van der Waals surface area contributed by atoms with Crippen molar-refractivity contribution in [3.8, 4) is 0 Å². The summed E-state index contributed by atoms with van der Waals surface area (Å²) in [5, 5.41) is 23.8. The summed E-state index contributed by atoms with van der Waals surface area (Å²) in [5.74, 6) is -2.21. The smallest absolute Gasteiger partial charge is 0.303 e. The summed E-state index contributed by atoms with van der Waals surface area (Å²) in [7, 11) is 0. The Morgan fingerprint density at radius 2 is 1.03 bits per heavy atom. The van der Waals surface area contributed by atoms with Crippen LogP contribution in [0.1, 0.15) is 111 Å². The second-order valence-electron chi connectivity index (χ2n) is 7.04. The van der Waals surface area contributed by atoms with Crippen molar-refractivity contribution in [2.45, 2.75) is 111 Å². The summed E-state index contributed by atoms with van der Waals surface area (Å²) in [6.45, 7) is 5.16. The lowest BCUT2D eigenvalue weighted by atomic mass is 10.1. The first-order valence-corrected chi connectivity index (χ1v) is 11.2. The molecule has 0 aliphatic heterocycles. The highest BCUT2D eigenvalue weighted by Gasteiger charge is 1.95. The maximum atomic E-state index is 10.3. The van der Waals surface area contributed by atoms with Gasteiger partial charge in [-0.05, 0) is 44.9 Å². The quantitative estimate of drug-likeness (QED) is 0.183. The van der Waals surface area contributed by atoms with Crippen molar-refractivity contribution in [1.82, 2.24) is 0 Å². The molecule has 0 bridgehead atoms. The molecular formula is C24H44O6. The average Bonchev–Trinajstić information content (AvgIpc) is 2.64. The van der Waals surface area contributed by atoms with Crippen LogP contribution in [0.3, 0.4) is 0 Å². The Bertz CT molecular complexity index is 451. The molecular weight excluding hydrogens is 384 g/mol. The minimum Gasteiger partial charge on any atom is -0.481 e. The molecule has 0 amide bonds. The second-order valence-corrected chi connectivity index (χ2v) is 7.04. The Hall–Kier alpha value is -2.11. The molecule has 6 nitrogen and oxygen atoms in total. The number of hydrogen-bond donors (Lipinski definition) is 3. The zero-order valence-corrected chi connectivity index (χ0v) is 19.3. The SMILES string of the molecule is CC(=O)O.CCCC(=O)O.CCCCC/C=C\C/C=C\CCCCCCCC(=O)O. The van der Waals surface area contributed by atoms with E-state index in [2.05, 4.69) is 31.2 Å². The maximum absolute atomic E-state index is 10.3. The first kappa shape index (κ1) is 32.6. The topological polar surface area (TPSA) is 112 Å². The summed E-state index contributed by atoms with van der Waals surface area (Å²) in [6, 6.07) is 0. The van der Waals surface area contributed by atoms with Crippen LogP contribution in [0, 0.1) is 0 Å². The predicted molar refractivity (Wildman–Crippen MR) is 123 cm³/mol. The van der Waals surface area contributed by atoms with Gasteiger partial charge >= 0.3 is 11.9 Å². The monoisotopic (exact) mass is 428 g/mol. The Balaban J connectivity index is -0.000000600. The van der Waals surface area contributed by atoms with E-state index in [1.54, 1.807) is 0 Å². The molecule has 0 spiro atoms.